The van der Waals surface area contributed by atoms with Gasteiger partial charge in [-0.3, -0.25) is 5.41 Å². The summed E-state index contributed by atoms with van der Waals surface area (Å²) in [7, 11) is 0. The predicted octanol–water partition coefficient (Wildman–Crippen LogP) is 5.51. The maximum absolute atomic E-state index is 12.3. The highest BCUT2D eigenvalue weighted by Crippen LogP contribution is 2.45. The van der Waals surface area contributed by atoms with Crippen LogP contribution in [0.25, 0.3) is 5.70 Å². The molecule has 8 heteroatoms. The largest absolute Gasteiger partial charge is 0.412 e. The molecule has 1 aromatic rings. The molecule has 0 aromatic carbocycles. The van der Waals surface area contributed by atoms with Gasteiger partial charge in [-0.15, -0.1) is 24.0 Å². The molecule has 0 amide bonds. The summed E-state index contributed by atoms with van der Waals surface area (Å²) in [5.74, 6) is 0.501. The number of allylic oxidation sites excluding steroid dienone is 1. The van der Waals surface area contributed by atoms with E-state index in [0.29, 0.717) is 36.0 Å². The first-order chi connectivity index (χ1) is 11.7. The molecule has 1 aromatic heterocycles. The molecular formula is C17H22F3N3S2. The Morgan fingerprint density at radius 2 is 1.96 bits per heavy atom. The molecule has 25 heavy (non-hydrogen) atoms. The molecular weight excluding hydrogens is 367 g/mol. The Labute approximate surface area is 155 Å². The van der Waals surface area contributed by atoms with Crippen LogP contribution < -0.4 is 5.32 Å². The van der Waals surface area contributed by atoms with E-state index in [2.05, 4.69) is 36.1 Å². The van der Waals surface area contributed by atoms with Gasteiger partial charge in [-0.05, 0) is 38.0 Å². The van der Waals surface area contributed by atoms with Gasteiger partial charge in [0, 0.05) is 17.0 Å². The van der Waals surface area contributed by atoms with Crippen LogP contribution in [0.5, 0.6) is 0 Å². The van der Waals surface area contributed by atoms with E-state index in [1.165, 1.54) is 11.3 Å². The second-order valence-electron chi connectivity index (χ2n) is 6.17. The molecule has 1 heterocycles. The van der Waals surface area contributed by atoms with E-state index in [9.17, 15) is 13.2 Å². The van der Waals surface area contributed by atoms with Crippen molar-refractivity contribution in [2.24, 2.45) is 0 Å². The number of unbranched alkanes of at least 4 members (excludes halogenated alkanes) is 2. The van der Waals surface area contributed by atoms with Crippen LogP contribution in [0.2, 0.25) is 0 Å². The van der Waals surface area contributed by atoms with E-state index >= 15 is 0 Å². The Balaban J connectivity index is 1.76. The summed E-state index contributed by atoms with van der Waals surface area (Å²) in [6, 6.07) is 0. The van der Waals surface area contributed by atoms with Crippen LogP contribution in [0, 0.1) is 5.41 Å². The molecule has 3 nitrogen and oxygen atoms in total. The highest BCUT2D eigenvalue weighted by molar-refractivity contribution is 7.97. The lowest BCUT2D eigenvalue weighted by Gasteiger charge is -2.11. The molecule has 2 N–H and O–H groups in total. The van der Waals surface area contributed by atoms with Crippen molar-refractivity contribution in [1.29, 1.82) is 5.41 Å². The van der Waals surface area contributed by atoms with Gasteiger partial charge in [-0.1, -0.05) is 19.6 Å². The van der Waals surface area contributed by atoms with Crippen molar-refractivity contribution in [3.05, 3.63) is 34.3 Å². The van der Waals surface area contributed by atoms with Crippen molar-refractivity contribution in [3.8, 4) is 0 Å². The van der Waals surface area contributed by atoms with Crippen molar-refractivity contribution in [3.63, 3.8) is 0 Å². The molecule has 0 unspecified atom stereocenters. The summed E-state index contributed by atoms with van der Waals surface area (Å²) in [6.45, 7) is 7.73. The Kier molecular flexibility index (Phi) is 6.73. The summed E-state index contributed by atoms with van der Waals surface area (Å²) in [6.07, 6.45) is -0.130. The molecule has 1 aliphatic rings. The molecule has 1 saturated carbocycles. The third kappa shape index (κ3) is 5.88. The van der Waals surface area contributed by atoms with E-state index < -0.39 is 11.7 Å². The van der Waals surface area contributed by atoms with Crippen LogP contribution in [0.1, 0.15) is 60.0 Å². The lowest BCUT2D eigenvalue weighted by molar-refractivity contribution is -0.0937. The first-order valence-corrected chi connectivity index (χ1v) is 9.43. The number of rotatable bonds is 10. The normalized spacial score (nSPS) is 14.4. The third-order valence-corrected chi connectivity index (χ3v) is 5.58. The number of hydrogen-bond acceptors (Lipinski definition) is 4. The number of hydrogen-bond donors (Lipinski definition) is 3. The minimum absolute atomic E-state index is 0.0181. The number of nitrogens with one attached hydrogen (secondary N) is 2. The Morgan fingerprint density at radius 1 is 1.28 bits per heavy atom. The van der Waals surface area contributed by atoms with Gasteiger partial charge in [-0.25, -0.2) is 4.98 Å². The lowest BCUT2D eigenvalue weighted by atomic mass is 10.1. The van der Waals surface area contributed by atoms with Crippen LogP contribution in [0.15, 0.2) is 18.7 Å². The fourth-order valence-electron chi connectivity index (χ4n) is 2.38. The van der Waals surface area contributed by atoms with Gasteiger partial charge in [0.2, 0.25) is 0 Å². The molecule has 0 aliphatic heterocycles. The quantitative estimate of drug-likeness (QED) is 0.162. The van der Waals surface area contributed by atoms with Crippen molar-refractivity contribution >= 4 is 34.7 Å². The zero-order valence-corrected chi connectivity index (χ0v) is 15.6. The smallest absolute Gasteiger partial charge is 0.384 e. The van der Waals surface area contributed by atoms with Crippen LogP contribution in [-0.4, -0.2) is 22.7 Å². The van der Waals surface area contributed by atoms with Crippen molar-refractivity contribution in [1.82, 2.24) is 10.3 Å². The molecule has 0 saturated heterocycles. The third-order valence-electron chi connectivity index (χ3n) is 3.98. The first kappa shape index (κ1) is 20.0. The molecule has 0 spiro atoms. The van der Waals surface area contributed by atoms with E-state index in [1.807, 2.05) is 0 Å². The zero-order chi connectivity index (χ0) is 18.6. The number of alkyl halides is 3. The van der Waals surface area contributed by atoms with Crippen LogP contribution in [-0.2, 0) is 0 Å². The number of thiol groups is 1. The summed E-state index contributed by atoms with van der Waals surface area (Å²) < 4.78 is 37.0. The highest BCUT2D eigenvalue weighted by atomic mass is 32.1. The molecule has 0 bridgehead atoms. The number of nitrogens with zero attached hydrogens (tertiary/aromatic N) is 1. The lowest BCUT2D eigenvalue weighted by Crippen LogP contribution is -2.14. The highest BCUT2D eigenvalue weighted by Gasteiger charge is 2.31. The molecule has 1 aliphatic carbocycles. The zero-order valence-electron chi connectivity index (χ0n) is 13.9. The van der Waals surface area contributed by atoms with Crippen molar-refractivity contribution in [2.45, 2.75) is 50.6 Å². The second-order valence-corrected chi connectivity index (χ2v) is 7.65. The van der Waals surface area contributed by atoms with Gasteiger partial charge in [0.15, 0.2) is 0 Å². The fourth-order valence-corrected chi connectivity index (χ4v) is 3.67. The standard InChI is InChI=1S/C17H22F3N3S2/c1-10(17(18,19)20)6-4-3-5-9-22-11(2)13-14(12-7-8-12)25-16(23-13)15(21)24/h12,22H,1-9H2,(H2,21,24). The summed E-state index contributed by atoms with van der Waals surface area (Å²) in [5.41, 5.74) is 0.841. The van der Waals surface area contributed by atoms with E-state index in [0.717, 1.165) is 29.8 Å². The molecule has 1 fully saturated rings. The van der Waals surface area contributed by atoms with Gasteiger partial charge in [0.25, 0.3) is 0 Å². The van der Waals surface area contributed by atoms with Gasteiger partial charge in [0.1, 0.15) is 15.7 Å². The predicted molar refractivity (Wildman–Crippen MR) is 101 cm³/mol. The summed E-state index contributed by atoms with van der Waals surface area (Å²) >= 11 is 5.54. The number of thiazole rings is 1. The average Bonchev–Trinajstić information content (AvgIpc) is 3.27. The fraction of sp³-hybridized carbons (Fsp3) is 0.529. The maximum Gasteiger partial charge on any atom is 0.412 e. The van der Waals surface area contributed by atoms with E-state index in [4.69, 9.17) is 5.41 Å². The van der Waals surface area contributed by atoms with Gasteiger partial charge >= 0.3 is 6.18 Å². The Bertz CT molecular complexity index is 661. The van der Waals surface area contributed by atoms with Crippen LogP contribution >= 0.6 is 24.0 Å². The van der Waals surface area contributed by atoms with Crippen LogP contribution in [0.3, 0.4) is 0 Å². The number of halogens is 3. The molecule has 0 atom stereocenters. The Morgan fingerprint density at radius 3 is 2.52 bits per heavy atom. The van der Waals surface area contributed by atoms with Crippen molar-refractivity contribution in [2.75, 3.05) is 6.54 Å². The van der Waals surface area contributed by atoms with Gasteiger partial charge < -0.3 is 5.32 Å². The maximum atomic E-state index is 12.3. The van der Waals surface area contributed by atoms with Crippen molar-refractivity contribution < 1.29 is 13.2 Å². The summed E-state index contributed by atoms with van der Waals surface area (Å²) in [5, 5.41) is 11.6. The molecule has 2 rings (SSSR count). The van der Waals surface area contributed by atoms with E-state index in [-0.39, 0.29) is 11.5 Å². The molecule has 0 radical (unpaired) electrons. The number of aromatic nitrogens is 1. The van der Waals surface area contributed by atoms with Gasteiger partial charge in [0.05, 0.1) is 5.70 Å². The summed E-state index contributed by atoms with van der Waals surface area (Å²) in [4.78, 5) is 5.60. The van der Waals surface area contributed by atoms with E-state index in [1.54, 1.807) is 0 Å². The average molecular weight is 390 g/mol. The SMILES string of the molecule is C=C(NCCCCCC(=C)C(F)(F)F)c1nc(C(=N)S)sc1C1CC1. The topological polar surface area (TPSA) is 48.8 Å². The minimum atomic E-state index is -4.28. The first-order valence-electron chi connectivity index (χ1n) is 8.17. The van der Waals surface area contributed by atoms with Gasteiger partial charge in [-0.2, -0.15) is 13.2 Å². The Hall–Kier alpha value is -1.28. The second kappa shape index (κ2) is 8.40. The minimum Gasteiger partial charge on any atom is -0.384 e. The molecule has 138 valence electrons. The monoisotopic (exact) mass is 389 g/mol. The van der Waals surface area contributed by atoms with Crippen LogP contribution in [0.4, 0.5) is 13.2 Å².